The van der Waals surface area contributed by atoms with E-state index in [-0.39, 0.29) is 0 Å². The normalized spacial score (nSPS) is 52.9. The van der Waals surface area contributed by atoms with E-state index < -0.39 is 0 Å². The molecule has 8 heavy (non-hydrogen) atoms. The summed E-state index contributed by atoms with van der Waals surface area (Å²) in [7, 11) is 0. The number of rotatable bonds is 0. The summed E-state index contributed by atoms with van der Waals surface area (Å²) in [6, 6.07) is 0. The highest BCUT2D eigenvalue weighted by Gasteiger charge is 2.42. The Hall–Kier alpha value is 0. The molecule has 2 saturated carbocycles. The summed E-state index contributed by atoms with van der Waals surface area (Å²) in [6.45, 7) is 2.42. The molecule has 2 aliphatic carbocycles. The van der Waals surface area contributed by atoms with Gasteiger partial charge in [0.25, 0.3) is 0 Å². The second kappa shape index (κ2) is 1.49. The van der Waals surface area contributed by atoms with E-state index in [0.29, 0.717) is 0 Å². The average molecular weight is 110 g/mol. The minimum absolute atomic E-state index is 1.08. The Labute approximate surface area is 51.3 Å². The van der Waals surface area contributed by atoms with E-state index in [2.05, 4.69) is 6.92 Å². The molecule has 0 bridgehead atoms. The molecule has 0 saturated heterocycles. The topological polar surface area (TPSA) is 0 Å². The molecule has 0 amide bonds. The summed E-state index contributed by atoms with van der Waals surface area (Å²) in [6.07, 6.45) is 6.15. The van der Waals surface area contributed by atoms with Crippen molar-refractivity contribution in [2.45, 2.75) is 32.6 Å². The maximum Gasteiger partial charge on any atom is -0.0357 e. The van der Waals surface area contributed by atoms with Crippen molar-refractivity contribution in [1.82, 2.24) is 0 Å². The molecular formula is C8H14. The highest BCUT2D eigenvalue weighted by atomic mass is 14.5. The molecule has 2 aliphatic rings. The van der Waals surface area contributed by atoms with Crippen molar-refractivity contribution in [2.24, 2.45) is 17.8 Å². The standard InChI is InChI=1S/C8H14/c1-6-3-2-4-7-5-8(6)7/h6-8H,2-5H2,1H3. The summed E-state index contributed by atoms with van der Waals surface area (Å²) in [4.78, 5) is 0. The quantitative estimate of drug-likeness (QED) is 0.449. The average Bonchev–Trinajstić information content (AvgIpc) is 2.45. The highest BCUT2D eigenvalue weighted by Crippen LogP contribution is 2.52. The van der Waals surface area contributed by atoms with Crippen molar-refractivity contribution < 1.29 is 0 Å². The van der Waals surface area contributed by atoms with Crippen molar-refractivity contribution in [3.05, 3.63) is 0 Å². The molecule has 0 N–H and O–H groups in total. The van der Waals surface area contributed by atoms with Crippen molar-refractivity contribution in [3.63, 3.8) is 0 Å². The van der Waals surface area contributed by atoms with Gasteiger partial charge in [0.2, 0.25) is 0 Å². The Morgan fingerprint density at radius 2 is 2.12 bits per heavy atom. The van der Waals surface area contributed by atoms with E-state index in [1.165, 1.54) is 24.7 Å². The third-order valence-electron chi connectivity index (χ3n) is 2.94. The fourth-order valence-corrected chi connectivity index (χ4v) is 2.22. The van der Waals surface area contributed by atoms with Crippen LogP contribution in [0.25, 0.3) is 0 Å². The fraction of sp³-hybridized carbons (Fsp3) is 1.00. The van der Waals surface area contributed by atoms with Crippen LogP contribution in [-0.2, 0) is 0 Å². The first-order chi connectivity index (χ1) is 3.88. The Kier molecular flexibility index (Phi) is 0.902. The zero-order valence-corrected chi connectivity index (χ0v) is 5.56. The fourth-order valence-electron chi connectivity index (χ4n) is 2.22. The highest BCUT2D eigenvalue weighted by molar-refractivity contribution is 4.92. The van der Waals surface area contributed by atoms with Gasteiger partial charge in [-0.1, -0.05) is 26.2 Å². The first kappa shape index (κ1) is 4.84. The van der Waals surface area contributed by atoms with E-state index in [0.717, 1.165) is 5.92 Å². The summed E-state index contributed by atoms with van der Waals surface area (Å²) in [5, 5.41) is 0. The van der Waals surface area contributed by atoms with Gasteiger partial charge in [-0.3, -0.25) is 0 Å². The van der Waals surface area contributed by atoms with Crippen LogP contribution in [0.15, 0.2) is 0 Å². The van der Waals surface area contributed by atoms with Gasteiger partial charge in [-0.05, 0) is 24.2 Å². The predicted octanol–water partition coefficient (Wildman–Crippen LogP) is 2.44. The Bertz CT molecular complexity index is 96.2. The maximum atomic E-state index is 2.42. The van der Waals surface area contributed by atoms with Crippen LogP contribution >= 0.6 is 0 Å². The lowest BCUT2D eigenvalue weighted by atomic mass is 9.91. The second-order valence-corrected chi connectivity index (χ2v) is 3.57. The first-order valence-corrected chi connectivity index (χ1v) is 3.88. The molecule has 0 radical (unpaired) electrons. The Morgan fingerprint density at radius 1 is 1.25 bits per heavy atom. The van der Waals surface area contributed by atoms with E-state index in [9.17, 15) is 0 Å². The lowest BCUT2D eigenvalue weighted by Crippen LogP contribution is -2.04. The minimum Gasteiger partial charge on any atom is -0.0622 e. The molecule has 0 spiro atoms. The van der Waals surface area contributed by atoms with Crippen LogP contribution in [0.5, 0.6) is 0 Å². The van der Waals surface area contributed by atoms with E-state index in [4.69, 9.17) is 0 Å². The monoisotopic (exact) mass is 110 g/mol. The molecule has 0 heterocycles. The summed E-state index contributed by atoms with van der Waals surface area (Å²) in [5.74, 6) is 3.43. The predicted molar refractivity (Wildman–Crippen MR) is 34.6 cm³/mol. The third-order valence-corrected chi connectivity index (χ3v) is 2.94. The summed E-state index contributed by atoms with van der Waals surface area (Å²) < 4.78 is 0. The van der Waals surface area contributed by atoms with Crippen LogP contribution in [0, 0.1) is 17.8 Å². The van der Waals surface area contributed by atoms with Gasteiger partial charge in [0.05, 0.1) is 0 Å². The molecule has 2 fully saturated rings. The summed E-state index contributed by atoms with van der Waals surface area (Å²) >= 11 is 0. The zero-order valence-electron chi connectivity index (χ0n) is 5.56. The van der Waals surface area contributed by atoms with Crippen LogP contribution in [0.3, 0.4) is 0 Å². The van der Waals surface area contributed by atoms with Gasteiger partial charge in [0.1, 0.15) is 0 Å². The van der Waals surface area contributed by atoms with Crippen LogP contribution < -0.4 is 0 Å². The molecule has 0 heteroatoms. The molecule has 0 aliphatic heterocycles. The van der Waals surface area contributed by atoms with Crippen molar-refractivity contribution in [3.8, 4) is 0 Å². The lowest BCUT2D eigenvalue weighted by molar-refractivity contribution is 0.362. The Morgan fingerprint density at radius 3 is 2.75 bits per heavy atom. The molecule has 0 aromatic carbocycles. The van der Waals surface area contributed by atoms with E-state index in [1.807, 2.05) is 0 Å². The molecule has 0 nitrogen and oxygen atoms in total. The van der Waals surface area contributed by atoms with Gasteiger partial charge in [-0.25, -0.2) is 0 Å². The maximum absolute atomic E-state index is 2.42. The van der Waals surface area contributed by atoms with Crippen LogP contribution in [0.1, 0.15) is 32.6 Å². The molecule has 0 aromatic rings. The molecular weight excluding hydrogens is 96.1 g/mol. The van der Waals surface area contributed by atoms with Crippen molar-refractivity contribution >= 4 is 0 Å². The van der Waals surface area contributed by atoms with Gasteiger partial charge in [0.15, 0.2) is 0 Å². The van der Waals surface area contributed by atoms with Gasteiger partial charge in [-0.15, -0.1) is 0 Å². The van der Waals surface area contributed by atoms with E-state index in [1.54, 1.807) is 12.8 Å². The molecule has 3 unspecified atom stereocenters. The lowest BCUT2D eigenvalue weighted by Gasteiger charge is -2.15. The molecule has 46 valence electrons. The molecule has 0 aromatic heterocycles. The zero-order chi connectivity index (χ0) is 5.56. The first-order valence-electron chi connectivity index (χ1n) is 3.88. The van der Waals surface area contributed by atoms with Crippen LogP contribution in [-0.4, -0.2) is 0 Å². The summed E-state index contributed by atoms with van der Waals surface area (Å²) in [5.41, 5.74) is 0. The van der Waals surface area contributed by atoms with Gasteiger partial charge < -0.3 is 0 Å². The van der Waals surface area contributed by atoms with Gasteiger partial charge >= 0.3 is 0 Å². The van der Waals surface area contributed by atoms with Crippen LogP contribution in [0.2, 0.25) is 0 Å². The number of hydrogen-bond donors (Lipinski definition) is 0. The smallest absolute Gasteiger partial charge is 0.0357 e. The van der Waals surface area contributed by atoms with Crippen molar-refractivity contribution in [1.29, 1.82) is 0 Å². The number of fused-ring (bicyclic) bond motifs is 1. The van der Waals surface area contributed by atoms with Crippen LogP contribution in [0.4, 0.5) is 0 Å². The second-order valence-electron chi connectivity index (χ2n) is 3.57. The SMILES string of the molecule is CC1CCCC2CC12. The van der Waals surface area contributed by atoms with Gasteiger partial charge in [0, 0.05) is 0 Å². The minimum atomic E-state index is 1.08. The number of hydrogen-bond acceptors (Lipinski definition) is 0. The van der Waals surface area contributed by atoms with Crippen molar-refractivity contribution in [2.75, 3.05) is 0 Å². The molecule has 2 rings (SSSR count). The van der Waals surface area contributed by atoms with Gasteiger partial charge in [-0.2, -0.15) is 0 Å². The Balaban J connectivity index is 1.99. The molecule has 3 atom stereocenters. The largest absolute Gasteiger partial charge is 0.0622 e. The van der Waals surface area contributed by atoms with E-state index >= 15 is 0 Å². The third kappa shape index (κ3) is 0.586.